The molecule has 1 fully saturated rings. The van der Waals surface area contributed by atoms with Crippen molar-refractivity contribution in [1.82, 2.24) is 29.3 Å². The molecule has 0 bridgehead atoms. The lowest BCUT2D eigenvalue weighted by atomic mass is 10.1. The average Bonchev–Trinajstić information content (AvgIpc) is 3.50. The molecule has 2 aromatic heterocycles. The molecule has 0 radical (unpaired) electrons. The summed E-state index contributed by atoms with van der Waals surface area (Å²) in [6, 6.07) is 17.7. The number of nitrogens with zero attached hydrogens (tertiary/aromatic N) is 7. The molecule has 6 rings (SSSR count). The van der Waals surface area contributed by atoms with Crippen molar-refractivity contribution in [3.63, 3.8) is 0 Å². The number of hydrogen-bond donors (Lipinski definition) is 1. The molecule has 3 heterocycles. The number of amides is 2. The Morgan fingerprint density at radius 3 is 2.67 bits per heavy atom. The molecule has 5 aromatic rings. The van der Waals surface area contributed by atoms with E-state index in [1.807, 2.05) is 97.0 Å². The third kappa shape index (κ3) is 5.01. The van der Waals surface area contributed by atoms with Gasteiger partial charge in [-0.3, -0.25) is 4.90 Å². The smallest absolute Gasteiger partial charge is 0.324 e. The van der Waals surface area contributed by atoms with Gasteiger partial charge in [-0.1, -0.05) is 0 Å². The summed E-state index contributed by atoms with van der Waals surface area (Å²) >= 11 is 0. The molecule has 0 spiro atoms. The van der Waals surface area contributed by atoms with E-state index < -0.39 is 0 Å². The van der Waals surface area contributed by atoms with E-state index in [1.54, 1.807) is 12.7 Å². The molecule has 1 saturated heterocycles. The quantitative estimate of drug-likeness (QED) is 0.293. The minimum Gasteiger partial charge on any atom is -0.457 e. The molecule has 2 amide bonds. The first-order chi connectivity index (χ1) is 19.4. The van der Waals surface area contributed by atoms with Gasteiger partial charge in [0.15, 0.2) is 0 Å². The van der Waals surface area contributed by atoms with E-state index in [-0.39, 0.29) is 6.03 Å². The number of carbonyl (C=O) groups excluding carboxylic acids is 1. The Kier molecular flexibility index (Phi) is 6.69. The third-order valence-electron chi connectivity index (χ3n) is 7.21. The Labute approximate surface area is 232 Å². The van der Waals surface area contributed by atoms with Crippen LogP contribution < -0.4 is 15.0 Å². The molecule has 0 atom stereocenters. The van der Waals surface area contributed by atoms with Gasteiger partial charge in [0.2, 0.25) is 0 Å². The highest BCUT2D eigenvalue weighted by Gasteiger charge is 2.29. The number of aryl methyl sites for hydroxylation is 2. The van der Waals surface area contributed by atoms with E-state index >= 15 is 0 Å². The van der Waals surface area contributed by atoms with Crippen molar-refractivity contribution in [1.29, 1.82) is 0 Å². The third-order valence-corrected chi connectivity index (χ3v) is 7.21. The summed E-state index contributed by atoms with van der Waals surface area (Å²) in [5.74, 6) is 2.18. The number of hydrogen-bond acceptors (Lipinski definition) is 7. The topological polar surface area (TPSA) is 91.7 Å². The van der Waals surface area contributed by atoms with Crippen molar-refractivity contribution in [2.75, 3.05) is 50.5 Å². The first-order valence-electron chi connectivity index (χ1n) is 13.3. The lowest BCUT2D eigenvalue weighted by Crippen LogP contribution is -2.36. The first-order valence-corrected chi connectivity index (χ1v) is 13.3. The molecule has 10 heteroatoms. The van der Waals surface area contributed by atoms with E-state index in [9.17, 15) is 4.79 Å². The zero-order valence-electron chi connectivity index (χ0n) is 23.1. The maximum Gasteiger partial charge on any atom is 0.324 e. The van der Waals surface area contributed by atoms with Crippen LogP contribution in [0.2, 0.25) is 0 Å². The van der Waals surface area contributed by atoms with Crippen molar-refractivity contribution in [2.45, 2.75) is 6.92 Å². The summed E-state index contributed by atoms with van der Waals surface area (Å²) < 4.78 is 8.16. The number of aromatic nitrogens is 4. The molecule has 0 saturated carbocycles. The first kappa shape index (κ1) is 25.6. The Morgan fingerprint density at radius 1 is 0.975 bits per heavy atom. The second-order valence-electron chi connectivity index (χ2n) is 10.4. The number of nitrogens with one attached hydrogen (secondary N) is 1. The molecular weight excluding hydrogens is 504 g/mol. The average molecular weight is 537 g/mol. The van der Waals surface area contributed by atoms with Gasteiger partial charge in [-0.2, -0.15) is 0 Å². The molecule has 1 N–H and O–H groups in total. The fraction of sp³-hybridized carbons (Fsp3) is 0.267. The Hall–Kier alpha value is -4.70. The van der Waals surface area contributed by atoms with Gasteiger partial charge in [-0.15, -0.1) is 0 Å². The molecule has 1 aliphatic heterocycles. The number of carbonyl (C=O) groups is 1. The predicted molar refractivity (Wildman–Crippen MR) is 158 cm³/mol. The van der Waals surface area contributed by atoms with Crippen LogP contribution in [0.15, 0.2) is 67.3 Å². The normalized spacial score (nSPS) is 13.7. The van der Waals surface area contributed by atoms with Crippen LogP contribution in [0.25, 0.3) is 21.9 Å². The fourth-order valence-corrected chi connectivity index (χ4v) is 4.95. The van der Waals surface area contributed by atoms with Crippen molar-refractivity contribution in [3.05, 3.63) is 72.8 Å². The molecule has 204 valence electrons. The fourth-order valence-electron chi connectivity index (χ4n) is 4.95. The van der Waals surface area contributed by atoms with Crippen LogP contribution in [0.5, 0.6) is 11.5 Å². The lowest BCUT2D eigenvalue weighted by molar-refractivity contribution is 0.215. The van der Waals surface area contributed by atoms with Crippen molar-refractivity contribution in [3.8, 4) is 11.5 Å². The Balaban J connectivity index is 1.21. The molecule has 10 nitrogen and oxygen atoms in total. The number of likely N-dealkylation sites (N-methyl/N-ethyl adjacent to an activating group) is 1. The largest absolute Gasteiger partial charge is 0.457 e. The zero-order valence-corrected chi connectivity index (χ0v) is 23.1. The van der Waals surface area contributed by atoms with Gasteiger partial charge in [0, 0.05) is 56.1 Å². The van der Waals surface area contributed by atoms with Gasteiger partial charge in [-0.05, 0) is 75.1 Å². The van der Waals surface area contributed by atoms with Crippen LogP contribution in [0.1, 0.15) is 5.56 Å². The number of ether oxygens (including phenoxy) is 1. The highest BCUT2D eigenvalue weighted by molar-refractivity contribution is 5.99. The highest BCUT2D eigenvalue weighted by Crippen LogP contribution is 2.32. The number of imidazole rings is 1. The minimum absolute atomic E-state index is 0.0287. The summed E-state index contributed by atoms with van der Waals surface area (Å²) in [5, 5.41) is 4.29. The second-order valence-corrected chi connectivity index (χ2v) is 10.4. The van der Waals surface area contributed by atoms with Crippen LogP contribution >= 0.6 is 0 Å². The van der Waals surface area contributed by atoms with E-state index in [2.05, 4.69) is 25.2 Å². The zero-order chi connectivity index (χ0) is 27.8. The van der Waals surface area contributed by atoms with Crippen LogP contribution in [0, 0.1) is 6.92 Å². The summed E-state index contributed by atoms with van der Waals surface area (Å²) in [7, 11) is 6.00. The van der Waals surface area contributed by atoms with E-state index in [0.717, 1.165) is 56.9 Å². The maximum atomic E-state index is 13.1. The highest BCUT2D eigenvalue weighted by atomic mass is 16.5. The Bertz CT molecular complexity index is 1710. The number of rotatable bonds is 8. The predicted octanol–water partition coefficient (Wildman–Crippen LogP) is 5.16. The van der Waals surface area contributed by atoms with Crippen LogP contribution in [0.3, 0.4) is 0 Å². The summed E-state index contributed by atoms with van der Waals surface area (Å²) in [5.41, 5.74) is 5.45. The second kappa shape index (κ2) is 10.5. The van der Waals surface area contributed by atoms with Crippen molar-refractivity contribution < 1.29 is 9.53 Å². The van der Waals surface area contributed by atoms with Crippen molar-refractivity contribution >= 4 is 45.2 Å². The van der Waals surface area contributed by atoms with Gasteiger partial charge >= 0.3 is 6.03 Å². The molecule has 0 unspecified atom stereocenters. The maximum absolute atomic E-state index is 13.1. The molecule has 1 aliphatic rings. The SMILES string of the molecule is Cc1cc(Nc2ncnc3ccc(N4CCN(CCN(C)C)C4=O)cc23)ccc1Oc1ccc2c(c1)ncn2C. The van der Waals surface area contributed by atoms with Crippen molar-refractivity contribution in [2.24, 2.45) is 7.05 Å². The van der Waals surface area contributed by atoms with Gasteiger partial charge < -0.3 is 24.4 Å². The molecule has 0 aliphatic carbocycles. The summed E-state index contributed by atoms with van der Waals surface area (Å²) in [6.07, 6.45) is 3.34. The minimum atomic E-state index is 0.0287. The molecule has 3 aromatic carbocycles. The summed E-state index contributed by atoms with van der Waals surface area (Å²) in [6.45, 7) is 4.92. The molecule has 40 heavy (non-hydrogen) atoms. The van der Waals surface area contributed by atoms with Crippen LogP contribution in [-0.2, 0) is 7.05 Å². The monoisotopic (exact) mass is 536 g/mol. The van der Waals surface area contributed by atoms with Gasteiger partial charge in [0.1, 0.15) is 23.6 Å². The van der Waals surface area contributed by atoms with Crippen LogP contribution in [0.4, 0.5) is 22.0 Å². The van der Waals surface area contributed by atoms with Crippen LogP contribution in [-0.4, -0.2) is 75.6 Å². The Morgan fingerprint density at radius 2 is 1.85 bits per heavy atom. The number of benzene rings is 3. The van der Waals surface area contributed by atoms with Gasteiger partial charge in [0.25, 0.3) is 0 Å². The lowest BCUT2D eigenvalue weighted by Gasteiger charge is -2.20. The van der Waals surface area contributed by atoms with E-state index in [1.165, 1.54) is 0 Å². The van der Waals surface area contributed by atoms with E-state index in [4.69, 9.17) is 4.74 Å². The number of urea groups is 1. The number of anilines is 3. The van der Waals surface area contributed by atoms with E-state index in [0.29, 0.717) is 25.5 Å². The van der Waals surface area contributed by atoms with Gasteiger partial charge in [-0.25, -0.2) is 19.7 Å². The molecular formula is C30H32N8O2. The summed E-state index contributed by atoms with van der Waals surface area (Å²) in [4.78, 5) is 32.2. The standard InChI is InChI=1S/C30H32N8O2/c1-20-15-21(5-10-28(20)40-23-7-9-27-26(17-23)33-19-36(27)4)34-29-24-16-22(6-8-25(24)31-18-32-29)38-14-13-37(30(38)39)12-11-35(2)3/h5-10,15-19H,11-14H2,1-4H3,(H,31,32,34). The number of fused-ring (bicyclic) bond motifs is 2. The van der Waals surface area contributed by atoms with Gasteiger partial charge in [0.05, 0.1) is 22.9 Å².